The topological polar surface area (TPSA) is 20.3 Å². The minimum Gasteiger partial charge on any atom is -0.334 e. The van der Waals surface area contributed by atoms with Gasteiger partial charge in [0.2, 0.25) is 0 Å². The molecule has 0 radical (unpaired) electrons. The van der Waals surface area contributed by atoms with Gasteiger partial charge >= 0.3 is 0 Å². The lowest BCUT2D eigenvalue weighted by molar-refractivity contribution is 0.0649. The van der Waals surface area contributed by atoms with Gasteiger partial charge in [0.1, 0.15) is 0 Å². The highest BCUT2D eigenvalue weighted by Gasteiger charge is 2.25. The first kappa shape index (κ1) is 15.7. The summed E-state index contributed by atoms with van der Waals surface area (Å²) in [5.41, 5.74) is 0.776. The maximum atomic E-state index is 12.7. The van der Waals surface area contributed by atoms with Crippen LogP contribution in [-0.2, 0) is 0 Å². The van der Waals surface area contributed by atoms with Gasteiger partial charge in [-0.2, -0.15) is 0 Å². The highest BCUT2D eigenvalue weighted by molar-refractivity contribution is 7.98. The summed E-state index contributed by atoms with van der Waals surface area (Å²) in [5.74, 6) is 0.635. The van der Waals surface area contributed by atoms with E-state index in [4.69, 9.17) is 11.6 Å². The fourth-order valence-corrected chi connectivity index (χ4v) is 3.42. The molecule has 1 aliphatic carbocycles. The highest BCUT2D eigenvalue weighted by Crippen LogP contribution is 2.24. The molecule has 110 valence electrons. The molecule has 0 N–H and O–H groups in total. The van der Waals surface area contributed by atoms with Crippen molar-refractivity contribution in [1.29, 1.82) is 0 Å². The van der Waals surface area contributed by atoms with Crippen molar-refractivity contribution in [3.8, 4) is 0 Å². The Balaban J connectivity index is 2.12. The van der Waals surface area contributed by atoms with E-state index in [0.29, 0.717) is 18.5 Å². The molecule has 20 heavy (non-hydrogen) atoms. The molecule has 0 aromatic heterocycles. The van der Waals surface area contributed by atoms with E-state index in [1.807, 2.05) is 35.4 Å². The van der Waals surface area contributed by atoms with Gasteiger partial charge in [-0.05, 0) is 43.4 Å². The Morgan fingerprint density at radius 3 is 2.45 bits per heavy atom. The zero-order valence-electron chi connectivity index (χ0n) is 12.0. The van der Waals surface area contributed by atoms with Crippen molar-refractivity contribution in [3.63, 3.8) is 0 Å². The van der Waals surface area contributed by atoms with Crippen LogP contribution in [0.5, 0.6) is 0 Å². The Hall–Kier alpha value is -0.670. The molecule has 0 aliphatic heterocycles. The molecular formula is C16H22ClNOS. The first-order valence-corrected chi connectivity index (χ1v) is 9.03. The summed E-state index contributed by atoms with van der Waals surface area (Å²) >= 11 is 7.59. The van der Waals surface area contributed by atoms with Gasteiger partial charge in [0, 0.05) is 28.9 Å². The molecule has 0 bridgehead atoms. The summed E-state index contributed by atoms with van der Waals surface area (Å²) in [7, 11) is 0. The summed E-state index contributed by atoms with van der Waals surface area (Å²) in [6.45, 7) is 0.648. The molecule has 4 heteroatoms. The molecule has 1 saturated carbocycles. The Morgan fingerprint density at radius 2 is 1.90 bits per heavy atom. The lowest BCUT2D eigenvalue weighted by Crippen LogP contribution is -2.42. The number of hydrogen-bond acceptors (Lipinski definition) is 2. The number of nitrogens with zero attached hydrogens (tertiary/aromatic N) is 1. The number of halogens is 1. The van der Waals surface area contributed by atoms with E-state index in [1.54, 1.807) is 11.8 Å². The molecule has 0 spiro atoms. The SMILES string of the molecule is CSc1ccc(C(=O)N(CCCl)C2CCCCC2)cc1. The van der Waals surface area contributed by atoms with Crippen molar-refractivity contribution in [3.05, 3.63) is 29.8 Å². The second kappa shape index (κ2) is 7.94. The average Bonchev–Trinajstić information content (AvgIpc) is 2.53. The zero-order chi connectivity index (χ0) is 14.4. The van der Waals surface area contributed by atoms with Gasteiger partial charge in [0.05, 0.1) is 0 Å². The van der Waals surface area contributed by atoms with E-state index in [0.717, 1.165) is 18.4 Å². The Kier molecular flexibility index (Phi) is 6.24. The van der Waals surface area contributed by atoms with Gasteiger partial charge in [-0.3, -0.25) is 4.79 Å². The molecule has 1 aliphatic rings. The van der Waals surface area contributed by atoms with Crippen LogP contribution >= 0.6 is 23.4 Å². The number of carbonyl (C=O) groups is 1. The second-order valence-corrected chi connectivity index (χ2v) is 6.47. The quantitative estimate of drug-likeness (QED) is 0.592. The van der Waals surface area contributed by atoms with Gasteiger partial charge in [-0.1, -0.05) is 19.3 Å². The fourth-order valence-electron chi connectivity index (χ4n) is 2.83. The molecule has 2 rings (SSSR count). The maximum Gasteiger partial charge on any atom is 0.254 e. The first-order chi connectivity index (χ1) is 9.76. The number of carbonyl (C=O) groups excluding carboxylic acids is 1. The van der Waals surface area contributed by atoms with Gasteiger partial charge in [-0.25, -0.2) is 0 Å². The smallest absolute Gasteiger partial charge is 0.254 e. The first-order valence-electron chi connectivity index (χ1n) is 7.27. The van der Waals surface area contributed by atoms with E-state index in [9.17, 15) is 4.79 Å². The minimum atomic E-state index is 0.130. The predicted molar refractivity (Wildman–Crippen MR) is 86.9 cm³/mol. The van der Waals surface area contributed by atoms with Crippen molar-refractivity contribution in [2.24, 2.45) is 0 Å². The van der Waals surface area contributed by atoms with Crippen LogP contribution in [-0.4, -0.2) is 35.5 Å². The lowest BCUT2D eigenvalue weighted by Gasteiger charge is -2.34. The number of thioether (sulfide) groups is 1. The van der Waals surface area contributed by atoms with Crippen LogP contribution in [0.2, 0.25) is 0 Å². The summed E-state index contributed by atoms with van der Waals surface area (Å²) in [6.07, 6.45) is 8.02. The third kappa shape index (κ3) is 3.92. The van der Waals surface area contributed by atoms with Crippen molar-refractivity contribution in [2.45, 2.75) is 43.0 Å². The third-order valence-corrected chi connectivity index (χ3v) is 4.85. The number of alkyl halides is 1. The van der Waals surface area contributed by atoms with E-state index >= 15 is 0 Å². The summed E-state index contributed by atoms with van der Waals surface area (Å²) in [6, 6.07) is 8.25. The van der Waals surface area contributed by atoms with Crippen LogP contribution in [0.4, 0.5) is 0 Å². The molecule has 1 aromatic carbocycles. The van der Waals surface area contributed by atoms with Gasteiger partial charge in [0.15, 0.2) is 0 Å². The Bertz CT molecular complexity index is 429. The van der Waals surface area contributed by atoms with Crippen molar-refractivity contribution >= 4 is 29.3 Å². The van der Waals surface area contributed by atoms with E-state index in [1.165, 1.54) is 24.2 Å². The maximum absolute atomic E-state index is 12.7. The minimum absolute atomic E-state index is 0.130. The summed E-state index contributed by atoms with van der Waals surface area (Å²) < 4.78 is 0. The largest absolute Gasteiger partial charge is 0.334 e. The van der Waals surface area contributed by atoms with Crippen LogP contribution in [0.3, 0.4) is 0 Å². The lowest BCUT2D eigenvalue weighted by atomic mass is 9.93. The van der Waals surface area contributed by atoms with Crippen molar-refractivity contribution in [2.75, 3.05) is 18.7 Å². The molecule has 1 fully saturated rings. The van der Waals surface area contributed by atoms with E-state index < -0.39 is 0 Å². The number of rotatable bonds is 5. The van der Waals surface area contributed by atoms with Gasteiger partial charge in [0.25, 0.3) is 5.91 Å². The third-order valence-electron chi connectivity index (χ3n) is 3.94. The average molecular weight is 312 g/mol. The molecule has 0 unspecified atom stereocenters. The molecule has 0 heterocycles. The predicted octanol–water partition coefficient (Wildman–Crippen LogP) is 4.42. The zero-order valence-corrected chi connectivity index (χ0v) is 13.6. The molecule has 0 saturated heterocycles. The standard InChI is InChI=1S/C16H22ClNOS/c1-20-15-9-7-13(8-10-15)16(19)18(12-11-17)14-5-3-2-4-6-14/h7-10,14H,2-6,11-12H2,1H3. The van der Waals surface area contributed by atoms with Crippen LogP contribution in [0.1, 0.15) is 42.5 Å². The van der Waals surface area contributed by atoms with Crippen LogP contribution < -0.4 is 0 Å². The fraction of sp³-hybridized carbons (Fsp3) is 0.562. The molecular weight excluding hydrogens is 290 g/mol. The second-order valence-electron chi connectivity index (χ2n) is 5.21. The normalized spacial score (nSPS) is 16.1. The van der Waals surface area contributed by atoms with Crippen LogP contribution in [0, 0.1) is 0 Å². The Morgan fingerprint density at radius 1 is 1.25 bits per heavy atom. The number of amides is 1. The number of hydrogen-bond donors (Lipinski definition) is 0. The molecule has 1 amide bonds. The number of benzene rings is 1. The van der Waals surface area contributed by atoms with Crippen molar-refractivity contribution in [1.82, 2.24) is 4.90 Å². The van der Waals surface area contributed by atoms with E-state index in [-0.39, 0.29) is 5.91 Å². The van der Waals surface area contributed by atoms with E-state index in [2.05, 4.69) is 0 Å². The summed E-state index contributed by atoms with van der Waals surface area (Å²) in [4.78, 5) is 15.9. The Labute approximate surface area is 130 Å². The van der Waals surface area contributed by atoms with Crippen LogP contribution in [0.15, 0.2) is 29.2 Å². The van der Waals surface area contributed by atoms with Gasteiger partial charge in [-0.15, -0.1) is 23.4 Å². The van der Waals surface area contributed by atoms with Crippen LogP contribution in [0.25, 0.3) is 0 Å². The van der Waals surface area contributed by atoms with Gasteiger partial charge < -0.3 is 4.90 Å². The highest BCUT2D eigenvalue weighted by atomic mass is 35.5. The molecule has 1 aromatic rings. The molecule has 2 nitrogen and oxygen atoms in total. The molecule has 0 atom stereocenters. The summed E-state index contributed by atoms with van der Waals surface area (Å²) in [5, 5.41) is 0. The van der Waals surface area contributed by atoms with Crippen molar-refractivity contribution < 1.29 is 4.79 Å². The monoisotopic (exact) mass is 311 g/mol.